The van der Waals surface area contributed by atoms with Gasteiger partial charge in [0, 0.05) is 28.2 Å². The molecule has 0 aliphatic carbocycles. The summed E-state index contributed by atoms with van der Waals surface area (Å²) < 4.78 is 0. The zero-order valence-electron chi connectivity index (χ0n) is 16.7. The first-order valence-corrected chi connectivity index (χ1v) is 9.46. The first-order chi connectivity index (χ1) is 13.8. The number of rotatable bonds is 6. The van der Waals surface area contributed by atoms with E-state index >= 15 is 0 Å². The van der Waals surface area contributed by atoms with Gasteiger partial charge in [0.15, 0.2) is 20.4 Å². The topological polar surface area (TPSA) is 146 Å². The Morgan fingerprint density at radius 1 is 0.586 bits per heavy atom. The van der Waals surface area contributed by atoms with E-state index in [1.165, 1.54) is 18.6 Å². The number of hydrogen-bond donors (Lipinski definition) is 8. The van der Waals surface area contributed by atoms with E-state index in [0.29, 0.717) is 26.2 Å². The van der Waals surface area contributed by atoms with Crippen LogP contribution in [-0.2, 0) is 0 Å². The molecule has 0 spiro atoms. The van der Waals surface area contributed by atoms with Crippen molar-refractivity contribution in [1.82, 2.24) is 43.0 Å². The van der Waals surface area contributed by atoms with Gasteiger partial charge in [-0.3, -0.25) is 21.7 Å². The lowest BCUT2D eigenvalue weighted by molar-refractivity contribution is 0.970. The highest BCUT2D eigenvalue weighted by molar-refractivity contribution is 7.80. The van der Waals surface area contributed by atoms with Gasteiger partial charge >= 0.3 is 0 Å². The summed E-state index contributed by atoms with van der Waals surface area (Å²) in [4.78, 5) is 0. The molecule has 0 radical (unpaired) electrons. The smallest absolute Gasteiger partial charge is 0.186 e. The summed E-state index contributed by atoms with van der Waals surface area (Å²) in [6.45, 7) is 1.78. The van der Waals surface area contributed by atoms with Gasteiger partial charge in [0.2, 0.25) is 0 Å². The van der Waals surface area contributed by atoms with Gasteiger partial charge in [-0.15, -0.1) is 0 Å². The molecule has 0 saturated heterocycles. The Morgan fingerprint density at radius 2 is 0.931 bits per heavy atom. The minimum atomic E-state index is 0.438. The fraction of sp³-hybridized carbons (Fsp3) is 0.385. The lowest BCUT2D eigenvalue weighted by atomic mass is 10.5. The molecule has 0 aromatic rings. The predicted octanol–water partition coefficient (Wildman–Crippen LogP) is -1.32. The van der Waals surface area contributed by atoms with Crippen LogP contribution in [0, 0.1) is 0 Å². The van der Waals surface area contributed by atoms with E-state index in [2.05, 4.69) is 63.4 Å². The molecule has 16 heteroatoms. The quantitative estimate of drug-likeness (QED) is 0.130. The molecule has 0 aromatic heterocycles. The highest BCUT2D eigenvalue weighted by atomic mass is 32.1. The first kappa shape index (κ1) is 28.6. The molecule has 0 atom stereocenters. The fourth-order valence-electron chi connectivity index (χ4n) is 0.834. The van der Waals surface area contributed by atoms with Gasteiger partial charge < -0.3 is 21.3 Å². The minimum absolute atomic E-state index is 0.438. The van der Waals surface area contributed by atoms with Gasteiger partial charge in [-0.2, -0.15) is 20.4 Å². The number of nitrogens with zero attached hydrogens (tertiary/aromatic N) is 4. The minimum Gasteiger partial charge on any atom is -0.364 e. The van der Waals surface area contributed by atoms with Gasteiger partial charge in [-0.1, -0.05) is 0 Å². The van der Waals surface area contributed by atoms with Crippen molar-refractivity contribution in [2.24, 2.45) is 20.4 Å². The van der Waals surface area contributed by atoms with Crippen LogP contribution in [0.3, 0.4) is 0 Å². The van der Waals surface area contributed by atoms with E-state index in [-0.39, 0.29) is 0 Å². The predicted molar refractivity (Wildman–Crippen MR) is 138 cm³/mol. The van der Waals surface area contributed by atoms with Crippen molar-refractivity contribution >= 4 is 93.7 Å². The second-order valence-corrected chi connectivity index (χ2v) is 5.96. The molecule has 0 rings (SSSR count). The normalized spacial score (nSPS) is 10.6. The van der Waals surface area contributed by atoms with E-state index in [9.17, 15) is 0 Å². The maximum atomic E-state index is 4.83. The Bertz CT molecular complexity index is 618. The summed E-state index contributed by atoms with van der Waals surface area (Å²) in [5.74, 6) is 0. The third-order valence-corrected chi connectivity index (χ3v) is 3.39. The number of hydrazone groups is 4. The largest absolute Gasteiger partial charge is 0.364 e. The number of thiocarbonyl (C=S) groups is 4. The lowest BCUT2D eigenvalue weighted by Crippen LogP contribution is -2.30. The zero-order chi connectivity index (χ0) is 22.5. The van der Waals surface area contributed by atoms with E-state index < -0.39 is 0 Å². The van der Waals surface area contributed by atoms with Gasteiger partial charge in [-0.05, 0) is 55.8 Å². The second kappa shape index (κ2) is 20.2. The number of nitrogens with one attached hydrogen (secondary N) is 8. The molecule has 12 nitrogen and oxygen atoms in total. The zero-order valence-corrected chi connectivity index (χ0v) is 19.9. The summed E-state index contributed by atoms with van der Waals surface area (Å²) >= 11 is 19.2. The van der Waals surface area contributed by atoms with Gasteiger partial charge in [0.05, 0.1) is 24.4 Å². The summed E-state index contributed by atoms with van der Waals surface area (Å²) in [6.07, 6.45) is 4.40. The fourth-order valence-corrected chi connectivity index (χ4v) is 1.04. The SMILES string of the molecule is CNC(=S)N/N=C/C(C)=N/NC(=S)NC.CNC(=S)N/N=C/C=N/NC(=S)NC. The Balaban J connectivity index is 0. The molecule has 8 N–H and O–H groups in total. The average molecular weight is 479 g/mol. The molecule has 162 valence electrons. The third kappa shape index (κ3) is 21.6. The van der Waals surface area contributed by atoms with Crippen molar-refractivity contribution in [2.45, 2.75) is 6.92 Å². The average Bonchev–Trinajstić information content (AvgIpc) is 2.73. The molecule has 0 saturated carbocycles. The standard InChI is InChI=1S/C7H14N6S2.C6H12N6S2/c1-5(11-13-7(15)9-3)4-10-12-6(14)8-2;1-7-5(13)11-9-3-4-10-12-6(14)8-2/h4H,1-3H3,(H2,8,12,14)(H2,9,13,15);3-4H,1-2H3,(H2,7,11,13)(H2,8,12,14)/b10-4+,11-5+;9-3+,10-4+. The van der Waals surface area contributed by atoms with Gasteiger partial charge in [0.25, 0.3) is 0 Å². The van der Waals surface area contributed by atoms with Crippen molar-refractivity contribution < 1.29 is 0 Å². The van der Waals surface area contributed by atoms with Crippen LogP contribution >= 0.6 is 48.9 Å². The van der Waals surface area contributed by atoms with Crippen LogP contribution in [-0.4, -0.2) is 73.0 Å². The maximum absolute atomic E-state index is 4.83. The summed E-state index contributed by atoms with van der Waals surface area (Å²) in [5.41, 5.74) is 11.0. The second-order valence-electron chi connectivity index (χ2n) is 4.33. The third-order valence-electron chi connectivity index (χ3n) is 2.21. The molecule has 0 unspecified atom stereocenters. The summed E-state index contributed by atoms with van der Waals surface area (Å²) in [6, 6.07) is 0. The highest BCUT2D eigenvalue weighted by Crippen LogP contribution is 1.72. The molecule has 0 heterocycles. The maximum Gasteiger partial charge on any atom is 0.186 e. The molecule has 0 aliphatic heterocycles. The van der Waals surface area contributed by atoms with Crippen LogP contribution in [0.15, 0.2) is 20.4 Å². The van der Waals surface area contributed by atoms with E-state index in [1.54, 1.807) is 35.1 Å². The van der Waals surface area contributed by atoms with Crippen molar-refractivity contribution in [3.8, 4) is 0 Å². The van der Waals surface area contributed by atoms with Crippen molar-refractivity contribution in [2.75, 3.05) is 28.2 Å². The van der Waals surface area contributed by atoms with E-state index in [0.717, 1.165) is 0 Å². The molecule has 0 fully saturated rings. The Kier molecular flexibility index (Phi) is 19.9. The monoisotopic (exact) mass is 478 g/mol. The molecular formula is C13H26N12S4. The molecule has 0 aliphatic rings. The molecule has 0 amide bonds. The van der Waals surface area contributed by atoms with Gasteiger partial charge in [-0.25, -0.2) is 0 Å². The van der Waals surface area contributed by atoms with Gasteiger partial charge in [0.1, 0.15) is 0 Å². The van der Waals surface area contributed by atoms with Crippen LogP contribution < -0.4 is 43.0 Å². The Hall–Kier alpha value is -2.56. The van der Waals surface area contributed by atoms with Crippen molar-refractivity contribution in [3.63, 3.8) is 0 Å². The summed E-state index contributed by atoms with van der Waals surface area (Å²) in [5, 5.41) is 27.8. The number of hydrogen-bond acceptors (Lipinski definition) is 8. The highest BCUT2D eigenvalue weighted by Gasteiger charge is 1.89. The lowest BCUT2D eigenvalue weighted by Gasteiger charge is -2.01. The van der Waals surface area contributed by atoms with E-state index in [4.69, 9.17) is 48.9 Å². The van der Waals surface area contributed by atoms with Crippen LogP contribution in [0.2, 0.25) is 0 Å². The Labute approximate surface area is 191 Å². The van der Waals surface area contributed by atoms with Crippen LogP contribution in [0.1, 0.15) is 6.92 Å². The van der Waals surface area contributed by atoms with Crippen LogP contribution in [0.5, 0.6) is 0 Å². The van der Waals surface area contributed by atoms with Crippen molar-refractivity contribution in [1.29, 1.82) is 0 Å². The van der Waals surface area contributed by atoms with E-state index in [1.807, 2.05) is 0 Å². The molecule has 29 heavy (non-hydrogen) atoms. The Morgan fingerprint density at radius 3 is 1.31 bits per heavy atom. The molecule has 0 aromatic carbocycles. The first-order valence-electron chi connectivity index (χ1n) is 7.83. The van der Waals surface area contributed by atoms with Crippen molar-refractivity contribution in [3.05, 3.63) is 0 Å². The molecule has 0 bridgehead atoms. The molecular weight excluding hydrogens is 452 g/mol. The van der Waals surface area contributed by atoms with Crippen LogP contribution in [0.4, 0.5) is 0 Å². The summed E-state index contributed by atoms with van der Waals surface area (Å²) in [7, 11) is 6.82. The van der Waals surface area contributed by atoms with Crippen LogP contribution in [0.25, 0.3) is 0 Å².